The summed E-state index contributed by atoms with van der Waals surface area (Å²) in [6, 6.07) is 4.00. The molecule has 1 saturated heterocycles. The highest BCUT2D eigenvalue weighted by Gasteiger charge is 2.18. The summed E-state index contributed by atoms with van der Waals surface area (Å²) in [5, 5.41) is 3.02. The number of urea groups is 1. The highest BCUT2D eigenvalue weighted by atomic mass is 16.2. The van der Waals surface area contributed by atoms with Crippen LogP contribution in [0.2, 0.25) is 0 Å². The van der Waals surface area contributed by atoms with Gasteiger partial charge in [0.2, 0.25) is 0 Å². The summed E-state index contributed by atoms with van der Waals surface area (Å²) in [5.74, 6) is 1.64. The van der Waals surface area contributed by atoms with Crippen molar-refractivity contribution in [1.82, 2.24) is 15.2 Å². The number of nitrogens with zero attached hydrogens (tertiary/aromatic N) is 3. The molecule has 1 aliphatic rings. The number of rotatable bonds is 3. The van der Waals surface area contributed by atoms with Crippen LogP contribution in [0.25, 0.3) is 0 Å². The van der Waals surface area contributed by atoms with E-state index in [4.69, 9.17) is 0 Å². The highest BCUT2D eigenvalue weighted by Crippen LogP contribution is 2.16. The van der Waals surface area contributed by atoms with E-state index in [-0.39, 0.29) is 6.03 Å². The number of hydrogen-bond acceptors (Lipinski definition) is 3. The predicted molar refractivity (Wildman–Crippen MR) is 85.4 cm³/mol. The van der Waals surface area contributed by atoms with Crippen LogP contribution in [0.1, 0.15) is 31.7 Å². The van der Waals surface area contributed by atoms with Crippen LogP contribution in [-0.2, 0) is 6.54 Å². The van der Waals surface area contributed by atoms with Gasteiger partial charge in [0.05, 0.1) is 0 Å². The Balaban J connectivity index is 1.87. The van der Waals surface area contributed by atoms with Gasteiger partial charge in [0.25, 0.3) is 0 Å². The lowest BCUT2D eigenvalue weighted by atomic mass is 10.0. The third-order valence-corrected chi connectivity index (χ3v) is 4.02. The van der Waals surface area contributed by atoms with Gasteiger partial charge in [0, 0.05) is 39.9 Å². The average Bonchev–Trinajstić information content (AvgIpc) is 2.70. The Bertz CT molecular complexity index is 475. The standard InChI is InChI=1S/C16H26N4O/c1-13-5-4-9-20(10-7-13)16(21)18-12-14-6-8-17-15(11-14)19(2)3/h6,8,11,13H,4-5,7,9-10,12H2,1-3H3,(H,18,21). The molecule has 1 unspecified atom stereocenters. The molecule has 2 rings (SSSR count). The van der Waals surface area contributed by atoms with Crippen molar-refractivity contribution in [1.29, 1.82) is 0 Å². The molecule has 0 aromatic carbocycles. The van der Waals surface area contributed by atoms with Crippen LogP contribution < -0.4 is 10.2 Å². The van der Waals surface area contributed by atoms with Crippen LogP contribution in [0.3, 0.4) is 0 Å². The maximum absolute atomic E-state index is 12.2. The second kappa shape index (κ2) is 7.29. The first-order valence-corrected chi connectivity index (χ1v) is 7.71. The zero-order chi connectivity index (χ0) is 15.2. The van der Waals surface area contributed by atoms with E-state index in [9.17, 15) is 4.79 Å². The summed E-state index contributed by atoms with van der Waals surface area (Å²) in [4.78, 5) is 20.4. The van der Waals surface area contributed by atoms with Crippen LogP contribution in [0.4, 0.5) is 10.6 Å². The molecular formula is C16H26N4O. The Labute approximate surface area is 127 Å². The lowest BCUT2D eigenvalue weighted by Crippen LogP contribution is -2.40. The van der Waals surface area contributed by atoms with E-state index in [0.717, 1.165) is 43.2 Å². The van der Waals surface area contributed by atoms with Gasteiger partial charge < -0.3 is 15.1 Å². The number of pyridine rings is 1. The lowest BCUT2D eigenvalue weighted by molar-refractivity contribution is 0.199. The summed E-state index contributed by atoms with van der Waals surface area (Å²) in [6.07, 6.45) is 5.22. The molecule has 1 N–H and O–H groups in total. The number of hydrogen-bond donors (Lipinski definition) is 1. The maximum atomic E-state index is 12.2. The van der Waals surface area contributed by atoms with Crippen LogP contribution in [0.15, 0.2) is 18.3 Å². The van der Waals surface area contributed by atoms with E-state index in [1.807, 2.05) is 36.0 Å². The van der Waals surface area contributed by atoms with Crippen LogP contribution in [-0.4, -0.2) is 43.1 Å². The Morgan fingerprint density at radius 2 is 2.24 bits per heavy atom. The van der Waals surface area contributed by atoms with E-state index in [0.29, 0.717) is 6.54 Å². The number of amides is 2. The van der Waals surface area contributed by atoms with Crippen molar-refractivity contribution in [3.63, 3.8) is 0 Å². The molecular weight excluding hydrogens is 264 g/mol. The van der Waals surface area contributed by atoms with Crippen molar-refractivity contribution in [3.05, 3.63) is 23.9 Å². The monoisotopic (exact) mass is 290 g/mol. The summed E-state index contributed by atoms with van der Waals surface area (Å²) in [5.41, 5.74) is 1.07. The summed E-state index contributed by atoms with van der Waals surface area (Å²) in [6.45, 7) is 4.55. The van der Waals surface area contributed by atoms with Gasteiger partial charge in [-0.05, 0) is 42.9 Å². The maximum Gasteiger partial charge on any atom is 0.317 e. The minimum absolute atomic E-state index is 0.0484. The molecule has 1 aliphatic heterocycles. The van der Waals surface area contributed by atoms with Crippen LogP contribution in [0, 0.1) is 5.92 Å². The number of nitrogens with one attached hydrogen (secondary N) is 1. The van der Waals surface area contributed by atoms with Gasteiger partial charge in [0.1, 0.15) is 5.82 Å². The molecule has 2 amide bonds. The number of anilines is 1. The average molecular weight is 290 g/mol. The highest BCUT2D eigenvalue weighted by molar-refractivity contribution is 5.74. The number of carbonyl (C=O) groups is 1. The van der Waals surface area contributed by atoms with Gasteiger partial charge in [-0.25, -0.2) is 9.78 Å². The summed E-state index contributed by atoms with van der Waals surface area (Å²) in [7, 11) is 3.92. The fraction of sp³-hybridized carbons (Fsp3) is 0.625. The minimum Gasteiger partial charge on any atom is -0.363 e. The van der Waals surface area contributed by atoms with Crippen molar-refractivity contribution in [2.75, 3.05) is 32.1 Å². The van der Waals surface area contributed by atoms with E-state index >= 15 is 0 Å². The molecule has 5 heteroatoms. The Kier molecular flexibility index (Phi) is 5.42. The first-order chi connectivity index (χ1) is 10.1. The first-order valence-electron chi connectivity index (χ1n) is 7.71. The Hall–Kier alpha value is -1.78. The summed E-state index contributed by atoms with van der Waals surface area (Å²) >= 11 is 0. The van der Waals surface area contributed by atoms with Crippen molar-refractivity contribution in [3.8, 4) is 0 Å². The largest absolute Gasteiger partial charge is 0.363 e. The summed E-state index contributed by atoms with van der Waals surface area (Å²) < 4.78 is 0. The van der Waals surface area contributed by atoms with Gasteiger partial charge >= 0.3 is 6.03 Å². The van der Waals surface area contributed by atoms with Crippen molar-refractivity contribution in [2.24, 2.45) is 5.92 Å². The molecule has 0 radical (unpaired) electrons. The second-order valence-electron chi connectivity index (χ2n) is 6.10. The third-order valence-electron chi connectivity index (χ3n) is 4.02. The van der Waals surface area contributed by atoms with Gasteiger partial charge in [-0.1, -0.05) is 6.92 Å². The molecule has 0 bridgehead atoms. The lowest BCUT2D eigenvalue weighted by Gasteiger charge is -2.21. The number of likely N-dealkylation sites (tertiary alicyclic amines) is 1. The molecule has 21 heavy (non-hydrogen) atoms. The molecule has 0 spiro atoms. The van der Waals surface area contributed by atoms with Gasteiger partial charge in [0.15, 0.2) is 0 Å². The minimum atomic E-state index is 0.0484. The van der Waals surface area contributed by atoms with Crippen molar-refractivity contribution < 1.29 is 4.79 Å². The van der Waals surface area contributed by atoms with E-state index in [1.165, 1.54) is 6.42 Å². The number of carbonyl (C=O) groups excluding carboxylic acids is 1. The topological polar surface area (TPSA) is 48.5 Å². The fourth-order valence-corrected chi connectivity index (χ4v) is 2.57. The molecule has 116 valence electrons. The number of aromatic nitrogens is 1. The molecule has 1 aromatic heterocycles. The SMILES string of the molecule is CC1CCCN(C(=O)NCc2ccnc(N(C)C)c2)CC1. The van der Waals surface area contributed by atoms with E-state index in [1.54, 1.807) is 6.20 Å². The fourth-order valence-electron chi connectivity index (χ4n) is 2.57. The molecule has 1 atom stereocenters. The molecule has 1 aromatic rings. The van der Waals surface area contributed by atoms with Gasteiger partial charge in [-0.2, -0.15) is 0 Å². The van der Waals surface area contributed by atoms with E-state index in [2.05, 4.69) is 17.2 Å². The van der Waals surface area contributed by atoms with Crippen molar-refractivity contribution >= 4 is 11.8 Å². The smallest absolute Gasteiger partial charge is 0.317 e. The molecule has 1 fully saturated rings. The molecule has 2 heterocycles. The second-order valence-corrected chi connectivity index (χ2v) is 6.10. The van der Waals surface area contributed by atoms with Crippen LogP contribution >= 0.6 is 0 Å². The van der Waals surface area contributed by atoms with Gasteiger partial charge in [-0.15, -0.1) is 0 Å². The third kappa shape index (κ3) is 4.62. The quantitative estimate of drug-likeness (QED) is 0.930. The normalized spacial score (nSPS) is 19.0. The van der Waals surface area contributed by atoms with Crippen LogP contribution in [0.5, 0.6) is 0 Å². The Morgan fingerprint density at radius 3 is 3.00 bits per heavy atom. The van der Waals surface area contributed by atoms with Crippen molar-refractivity contribution in [2.45, 2.75) is 32.7 Å². The molecule has 5 nitrogen and oxygen atoms in total. The first kappa shape index (κ1) is 15.6. The van der Waals surface area contributed by atoms with E-state index < -0.39 is 0 Å². The van der Waals surface area contributed by atoms with Gasteiger partial charge in [-0.3, -0.25) is 0 Å². The predicted octanol–water partition coefficient (Wildman–Crippen LogP) is 2.48. The molecule has 0 saturated carbocycles. The molecule has 0 aliphatic carbocycles. The zero-order valence-electron chi connectivity index (χ0n) is 13.3. The zero-order valence-corrected chi connectivity index (χ0v) is 13.3. The Morgan fingerprint density at radius 1 is 1.43 bits per heavy atom.